The van der Waals surface area contributed by atoms with Gasteiger partial charge in [0.05, 0.1) is 49.0 Å². The van der Waals surface area contributed by atoms with E-state index in [0.29, 0.717) is 6.42 Å². The molecule has 7 aromatic carbocycles. The number of anilines is 2. The number of aromatic nitrogens is 5. The van der Waals surface area contributed by atoms with E-state index in [1.54, 1.807) is 12.7 Å². The number of imidazole rings is 2. The Kier molecular flexibility index (Phi) is 16.3. The fraction of sp³-hybridized carbons (Fsp3) is 0.182. The zero-order valence-electron chi connectivity index (χ0n) is 38.0. The number of nitrogens with zero attached hydrogens (tertiary/aromatic N) is 2. The van der Waals surface area contributed by atoms with Gasteiger partial charge in [0, 0.05) is 35.0 Å². The van der Waals surface area contributed by atoms with Crippen LogP contribution in [0.2, 0.25) is 6.82 Å². The molecule has 9 heteroatoms. The molecule has 10 aromatic rings. The predicted molar refractivity (Wildman–Crippen MR) is 272 cm³/mol. The van der Waals surface area contributed by atoms with Crippen LogP contribution in [0.5, 0.6) is 0 Å². The van der Waals surface area contributed by atoms with E-state index in [4.69, 9.17) is 0 Å². The van der Waals surface area contributed by atoms with E-state index in [1.807, 2.05) is 55.6 Å². The summed E-state index contributed by atoms with van der Waals surface area (Å²) in [4.78, 5) is 28.5. The second-order valence-corrected chi connectivity index (χ2v) is 15.7. The Balaban J connectivity index is 0.000000127. The number of rotatable bonds is 0. The first-order valence-electron chi connectivity index (χ1n) is 21.7. The topological polar surface area (TPSA) is 114 Å². The van der Waals surface area contributed by atoms with Crippen LogP contribution in [0.15, 0.2) is 158 Å². The standard InChI is InChI=1S/C11H10.C9H9NO.C9H11N.C9H9N.2C8H8N2.CH3B/c1-9-5-4-7-10-6-2-3-8-11(9)10;1-6-3-2-4-8-7(6)5-9(11)10-8;2*1-7-3-2-4-9-8(7)5-6-10-9;2*1-6-3-2-4-7-8(6)10-5-9-7;1-2/h2-8H,1H3;2-4H,5H2,1H3,(H,10,11);2-4,10H,5-6H2,1H3;2-6,10H,1H3;2*2-5H,1H3,(H,9,10);1H3. The summed E-state index contributed by atoms with van der Waals surface area (Å²) in [5.41, 5.74) is 18.3. The van der Waals surface area contributed by atoms with Gasteiger partial charge in [-0.3, -0.25) is 4.79 Å². The number of aryl methyl sites for hydroxylation is 6. The highest BCUT2D eigenvalue weighted by atomic mass is 16.1. The van der Waals surface area contributed by atoms with Crippen LogP contribution >= 0.6 is 0 Å². The SMILES string of the molecule is Cc1cccc2[nH]ccc12.Cc1cccc2[nH]cnc12.Cc1cccc2[nH]cnc12.Cc1cccc2c1CC(=O)N2.Cc1cccc2c1CCN2.Cc1cccc2ccccc12.[B]C. The molecule has 0 unspecified atom stereocenters. The number of hydrogen-bond acceptors (Lipinski definition) is 4. The van der Waals surface area contributed by atoms with Gasteiger partial charge >= 0.3 is 0 Å². The number of carbonyl (C=O) groups excluding carboxylic acids is 1. The number of carbonyl (C=O) groups is 1. The minimum atomic E-state index is 0.106. The summed E-state index contributed by atoms with van der Waals surface area (Å²) in [5.74, 6) is 0.106. The minimum absolute atomic E-state index is 0.106. The van der Waals surface area contributed by atoms with Crippen molar-refractivity contribution < 1.29 is 4.79 Å². The number of para-hydroxylation sites is 2. The summed E-state index contributed by atoms with van der Waals surface area (Å²) in [6.07, 6.45) is 7.15. The van der Waals surface area contributed by atoms with Gasteiger partial charge in [0.2, 0.25) is 5.91 Å². The second kappa shape index (κ2) is 22.6. The largest absolute Gasteiger partial charge is 0.384 e. The molecule has 8 nitrogen and oxygen atoms in total. The number of nitrogens with one attached hydrogen (secondary N) is 5. The summed E-state index contributed by atoms with van der Waals surface area (Å²) in [6.45, 7) is 15.2. The van der Waals surface area contributed by atoms with Gasteiger partial charge in [-0.25, -0.2) is 9.97 Å². The Hall–Kier alpha value is -7.39. The molecule has 0 spiro atoms. The van der Waals surface area contributed by atoms with Crippen molar-refractivity contribution in [3.8, 4) is 0 Å². The van der Waals surface area contributed by atoms with Crippen LogP contribution < -0.4 is 10.6 Å². The molecule has 2 aliphatic rings. The van der Waals surface area contributed by atoms with Gasteiger partial charge in [-0.1, -0.05) is 110 Å². The van der Waals surface area contributed by atoms with Crippen molar-refractivity contribution in [2.75, 3.05) is 17.2 Å². The highest BCUT2D eigenvalue weighted by Crippen LogP contribution is 2.26. The molecule has 5 N–H and O–H groups in total. The molecule has 2 radical (unpaired) electrons. The molecular formula is C55H58BN7O. The van der Waals surface area contributed by atoms with Crippen molar-refractivity contribution >= 4 is 68.9 Å². The van der Waals surface area contributed by atoms with E-state index in [2.05, 4.69) is 175 Å². The van der Waals surface area contributed by atoms with Crippen LogP contribution in [0, 0.1) is 41.5 Å². The van der Waals surface area contributed by atoms with Crippen LogP contribution in [-0.2, 0) is 17.6 Å². The summed E-state index contributed by atoms with van der Waals surface area (Å²) in [5, 5.41) is 10.1. The Morgan fingerprint density at radius 2 is 0.969 bits per heavy atom. The van der Waals surface area contributed by atoms with Gasteiger partial charge < -0.3 is 25.6 Å². The number of benzene rings is 7. The van der Waals surface area contributed by atoms with Gasteiger partial charge in [0.25, 0.3) is 0 Å². The van der Waals surface area contributed by atoms with Gasteiger partial charge in [-0.15, -0.1) is 0 Å². The smallest absolute Gasteiger partial charge is 0.228 e. The lowest BCUT2D eigenvalue weighted by Gasteiger charge is -2.00. The fourth-order valence-corrected chi connectivity index (χ4v) is 7.79. The molecule has 3 aromatic heterocycles. The third kappa shape index (κ3) is 11.7. The van der Waals surface area contributed by atoms with Crippen LogP contribution in [0.4, 0.5) is 11.4 Å². The van der Waals surface area contributed by atoms with E-state index in [-0.39, 0.29) is 5.91 Å². The van der Waals surface area contributed by atoms with Gasteiger partial charge in [0.1, 0.15) is 0 Å². The first-order chi connectivity index (χ1) is 31.2. The lowest BCUT2D eigenvalue weighted by atomic mass is 10.1. The van der Waals surface area contributed by atoms with E-state index in [1.165, 1.54) is 79.6 Å². The molecule has 0 bridgehead atoms. The average Bonchev–Trinajstić information content (AvgIpc) is 4.17. The molecule has 12 rings (SSSR count). The molecule has 0 aliphatic carbocycles. The lowest BCUT2D eigenvalue weighted by molar-refractivity contribution is -0.115. The molecule has 5 heterocycles. The third-order valence-corrected chi connectivity index (χ3v) is 11.2. The fourth-order valence-electron chi connectivity index (χ4n) is 7.79. The van der Waals surface area contributed by atoms with Gasteiger partial charge in [0.15, 0.2) is 0 Å². The van der Waals surface area contributed by atoms with Crippen molar-refractivity contribution in [1.82, 2.24) is 24.9 Å². The quantitative estimate of drug-likeness (QED) is 0.0978. The highest BCUT2D eigenvalue weighted by Gasteiger charge is 2.18. The van der Waals surface area contributed by atoms with Gasteiger partial charge in [-0.05, 0) is 140 Å². The van der Waals surface area contributed by atoms with Crippen molar-refractivity contribution in [1.29, 1.82) is 0 Å². The molecule has 1 amide bonds. The van der Waals surface area contributed by atoms with E-state index in [9.17, 15) is 4.79 Å². The predicted octanol–water partition coefficient (Wildman–Crippen LogP) is 13.0. The molecule has 2 aliphatic heterocycles. The molecule has 0 saturated heterocycles. The van der Waals surface area contributed by atoms with Crippen molar-refractivity contribution in [2.45, 2.75) is 61.2 Å². The molecule has 0 fully saturated rings. The Bertz CT molecular complexity index is 2890. The molecular weight excluding hydrogens is 785 g/mol. The summed E-state index contributed by atoms with van der Waals surface area (Å²) < 4.78 is 0. The Morgan fingerprint density at radius 1 is 0.469 bits per heavy atom. The third-order valence-electron chi connectivity index (χ3n) is 11.2. The van der Waals surface area contributed by atoms with Crippen molar-refractivity contribution in [3.05, 3.63) is 203 Å². The Morgan fingerprint density at radius 3 is 1.55 bits per heavy atom. The summed E-state index contributed by atoms with van der Waals surface area (Å²) in [6, 6.07) is 47.8. The van der Waals surface area contributed by atoms with Gasteiger partial charge in [-0.2, -0.15) is 0 Å². The first-order valence-corrected chi connectivity index (χ1v) is 21.7. The molecule has 322 valence electrons. The normalized spacial score (nSPS) is 11.5. The van der Waals surface area contributed by atoms with Crippen LogP contribution in [0.25, 0.3) is 43.7 Å². The zero-order chi connectivity index (χ0) is 45.4. The summed E-state index contributed by atoms with van der Waals surface area (Å²) >= 11 is 0. The highest BCUT2D eigenvalue weighted by molar-refractivity contribution is 6.05. The number of amides is 1. The lowest BCUT2D eigenvalue weighted by Crippen LogP contribution is -2.03. The van der Waals surface area contributed by atoms with Crippen LogP contribution in [0.1, 0.15) is 44.5 Å². The van der Waals surface area contributed by atoms with E-state index >= 15 is 0 Å². The maximum Gasteiger partial charge on any atom is 0.228 e. The second-order valence-electron chi connectivity index (χ2n) is 15.7. The van der Waals surface area contributed by atoms with Crippen molar-refractivity contribution in [2.24, 2.45) is 0 Å². The monoisotopic (exact) mass is 843 g/mol. The van der Waals surface area contributed by atoms with Crippen LogP contribution in [-0.4, -0.2) is 45.2 Å². The van der Waals surface area contributed by atoms with E-state index in [0.717, 1.165) is 39.9 Å². The molecule has 0 atom stereocenters. The molecule has 64 heavy (non-hydrogen) atoms. The van der Waals surface area contributed by atoms with Crippen molar-refractivity contribution in [3.63, 3.8) is 0 Å². The number of aromatic amines is 3. The van der Waals surface area contributed by atoms with E-state index < -0.39 is 0 Å². The summed E-state index contributed by atoms with van der Waals surface area (Å²) in [7, 11) is 4.50. The van der Waals surface area contributed by atoms with Crippen LogP contribution in [0.3, 0.4) is 0 Å². The Labute approximate surface area is 378 Å². The maximum atomic E-state index is 10.9. The first kappa shape index (κ1) is 46.1. The number of H-pyrrole nitrogens is 3. The number of fused-ring (bicyclic) bond motifs is 6. The minimum Gasteiger partial charge on any atom is -0.384 e. The molecule has 0 saturated carbocycles. The zero-order valence-corrected chi connectivity index (χ0v) is 38.0. The maximum absolute atomic E-state index is 10.9. The number of hydrogen-bond donors (Lipinski definition) is 5. The average molecular weight is 844 g/mol.